The highest BCUT2D eigenvalue weighted by molar-refractivity contribution is 5.93. The van der Waals surface area contributed by atoms with E-state index in [0.717, 1.165) is 25.3 Å². The lowest BCUT2D eigenvalue weighted by Crippen LogP contribution is -2.22. The number of fused-ring (bicyclic) bond motifs is 1. The average molecular weight is 347 g/mol. The second-order valence-corrected chi connectivity index (χ2v) is 6.55. The number of nitrogens with two attached hydrogens (primary N) is 1. The number of aromatic carboxylic acids is 1. The van der Waals surface area contributed by atoms with Crippen molar-refractivity contribution in [3.8, 4) is 0 Å². The summed E-state index contributed by atoms with van der Waals surface area (Å²) in [5.41, 5.74) is 5.74. The maximum atomic E-state index is 14.4. The fourth-order valence-electron chi connectivity index (χ4n) is 2.91. The van der Waals surface area contributed by atoms with E-state index in [2.05, 4.69) is 5.32 Å². The Morgan fingerprint density at radius 1 is 1.48 bits per heavy atom. The number of aromatic nitrogens is 1. The molecule has 1 aliphatic rings. The number of rotatable bonds is 7. The first-order valence-electron chi connectivity index (χ1n) is 8.53. The van der Waals surface area contributed by atoms with Gasteiger partial charge in [0.2, 0.25) is 5.43 Å². The molecule has 1 heterocycles. The highest BCUT2D eigenvalue weighted by atomic mass is 19.1. The molecular formula is C18H22FN3O3. The van der Waals surface area contributed by atoms with Crippen molar-refractivity contribution in [1.29, 1.82) is 0 Å². The molecule has 4 N–H and O–H groups in total. The molecule has 1 unspecified atom stereocenters. The average Bonchev–Trinajstić information content (AvgIpc) is 3.40. The lowest BCUT2D eigenvalue weighted by atomic mass is 10.1. The van der Waals surface area contributed by atoms with Gasteiger partial charge in [0.1, 0.15) is 11.4 Å². The van der Waals surface area contributed by atoms with Gasteiger partial charge in [0.25, 0.3) is 0 Å². The minimum absolute atomic E-state index is 0.0544. The second kappa shape index (κ2) is 6.84. The van der Waals surface area contributed by atoms with Crippen LogP contribution in [0.2, 0.25) is 0 Å². The number of carboxylic acid groups (broad SMARTS) is 1. The summed E-state index contributed by atoms with van der Waals surface area (Å²) in [6.07, 6.45) is 4.77. The normalized spacial score (nSPS) is 15.3. The number of anilines is 1. The number of hydrogen-bond donors (Lipinski definition) is 3. The van der Waals surface area contributed by atoms with Crippen LogP contribution >= 0.6 is 0 Å². The van der Waals surface area contributed by atoms with Gasteiger partial charge in [0, 0.05) is 30.2 Å². The number of carboxylic acids is 1. The smallest absolute Gasteiger partial charge is 0.341 e. The molecule has 1 saturated carbocycles. The standard InChI is InChI=1S/C18H22FN3O3/c1-2-10(20)5-6-21-15-8-16-12(7-14(15)19)17(23)13(18(24)25)9-22(16)11-3-4-11/h7-11,21H,2-6,20H2,1H3,(H,24,25). The highest BCUT2D eigenvalue weighted by Gasteiger charge is 2.27. The van der Waals surface area contributed by atoms with Gasteiger partial charge >= 0.3 is 5.97 Å². The number of nitrogens with zero attached hydrogens (tertiary/aromatic N) is 1. The first-order chi connectivity index (χ1) is 11.9. The monoisotopic (exact) mass is 347 g/mol. The van der Waals surface area contributed by atoms with Crippen molar-refractivity contribution in [3.63, 3.8) is 0 Å². The molecule has 3 rings (SSSR count). The van der Waals surface area contributed by atoms with Crippen molar-refractivity contribution in [1.82, 2.24) is 4.57 Å². The Bertz CT molecular complexity index is 874. The molecular weight excluding hydrogens is 325 g/mol. The van der Waals surface area contributed by atoms with Gasteiger partial charge in [-0.2, -0.15) is 0 Å². The molecule has 1 fully saturated rings. The third-order valence-corrected chi connectivity index (χ3v) is 4.65. The van der Waals surface area contributed by atoms with Crippen LogP contribution in [0.25, 0.3) is 10.9 Å². The van der Waals surface area contributed by atoms with Crippen molar-refractivity contribution in [2.45, 2.75) is 44.7 Å². The van der Waals surface area contributed by atoms with Gasteiger partial charge < -0.3 is 20.7 Å². The van der Waals surface area contributed by atoms with Crippen LogP contribution in [0, 0.1) is 5.82 Å². The number of pyridine rings is 1. The first-order valence-corrected chi connectivity index (χ1v) is 8.53. The Morgan fingerprint density at radius 2 is 2.20 bits per heavy atom. The van der Waals surface area contributed by atoms with Crippen molar-refractivity contribution in [2.24, 2.45) is 5.73 Å². The summed E-state index contributed by atoms with van der Waals surface area (Å²) in [6, 6.07) is 2.94. The molecule has 1 aliphatic carbocycles. The molecule has 0 aliphatic heterocycles. The number of halogens is 1. The number of carbonyl (C=O) groups is 1. The van der Waals surface area contributed by atoms with Crippen molar-refractivity contribution >= 4 is 22.6 Å². The van der Waals surface area contributed by atoms with Gasteiger partial charge in [-0.15, -0.1) is 0 Å². The Labute approximate surface area is 144 Å². The van der Waals surface area contributed by atoms with Crippen LogP contribution in [-0.4, -0.2) is 28.2 Å². The third-order valence-electron chi connectivity index (χ3n) is 4.65. The summed E-state index contributed by atoms with van der Waals surface area (Å²) in [7, 11) is 0. The maximum absolute atomic E-state index is 14.4. The zero-order chi connectivity index (χ0) is 18.1. The molecule has 134 valence electrons. The van der Waals surface area contributed by atoms with Crippen LogP contribution < -0.4 is 16.5 Å². The largest absolute Gasteiger partial charge is 0.477 e. The SMILES string of the molecule is CCC(N)CCNc1cc2c(cc1F)c(=O)c(C(=O)O)cn2C1CC1. The minimum atomic E-state index is -1.29. The second-order valence-electron chi connectivity index (χ2n) is 6.55. The molecule has 1 aromatic carbocycles. The van der Waals surface area contributed by atoms with E-state index in [1.54, 1.807) is 10.6 Å². The van der Waals surface area contributed by atoms with Crippen LogP contribution in [-0.2, 0) is 0 Å². The molecule has 0 saturated heterocycles. The van der Waals surface area contributed by atoms with Gasteiger partial charge in [-0.25, -0.2) is 9.18 Å². The van der Waals surface area contributed by atoms with E-state index >= 15 is 0 Å². The molecule has 2 aromatic rings. The van der Waals surface area contributed by atoms with E-state index in [-0.39, 0.29) is 23.0 Å². The molecule has 7 heteroatoms. The summed E-state index contributed by atoms with van der Waals surface area (Å²) in [4.78, 5) is 23.7. The van der Waals surface area contributed by atoms with E-state index in [1.807, 2.05) is 6.92 Å². The molecule has 0 bridgehead atoms. The predicted octanol–water partition coefficient (Wildman–Crippen LogP) is 2.71. The Balaban J connectivity index is 2.03. The summed E-state index contributed by atoms with van der Waals surface area (Å²) in [5.74, 6) is -1.86. The fraction of sp³-hybridized carbons (Fsp3) is 0.444. The fourth-order valence-corrected chi connectivity index (χ4v) is 2.91. The predicted molar refractivity (Wildman–Crippen MR) is 94.8 cm³/mol. The lowest BCUT2D eigenvalue weighted by molar-refractivity contribution is 0.0695. The van der Waals surface area contributed by atoms with E-state index < -0.39 is 17.2 Å². The summed E-state index contributed by atoms with van der Waals surface area (Å²) >= 11 is 0. The van der Waals surface area contributed by atoms with E-state index in [4.69, 9.17) is 5.73 Å². The molecule has 0 radical (unpaired) electrons. The van der Waals surface area contributed by atoms with Gasteiger partial charge in [0.15, 0.2) is 0 Å². The van der Waals surface area contributed by atoms with Crippen LogP contribution in [0.4, 0.5) is 10.1 Å². The zero-order valence-electron chi connectivity index (χ0n) is 14.1. The van der Waals surface area contributed by atoms with Crippen molar-refractivity contribution in [2.75, 3.05) is 11.9 Å². The first kappa shape index (κ1) is 17.4. The van der Waals surface area contributed by atoms with Crippen molar-refractivity contribution in [3.05, 3.63) is 39.9 Å². The topological polar surface area (TPSA) is 97.3 Å². The summed E-state index contributed by atoms with van der Waals surface area (Å²) in [6.45, 7) is 2.52. The Hall–Kier alpha value is -2.41. The molecule has 6 nitrogen and oxygen atoms in total. The van der Waals surface area contributed by atoms with Gasteiger partial charge in [-0.3, -0.25) is 4.79 Å². The highest BCUT2D eigenvalue weighted by Crippen LogP contribution is 2.37. The van der Waals surface area contributed by atoms with Crippen LogP contribution in [0.1, 0.15) is 49.0 Å². The Morgan fingerprint density at radius 3 is 2.80 bits per heavy atom. The van der Waals surface area contributed by atoms with Crippen LogP contribution in [0.15, 0.2) is 23.1 Å². The van der Waals surface area contributed by atoms with Crippen LogP contribution in [0.5, 0.6) is 0 Å². The van der Waals surface area contributed by atoms with Gasteiger partial charge in [-0.1, -0.05) is 6.92 Å². The van der Waals surface area contributed by atoms with Crippen molar-refractivity contribution < 1.29 is 14.3 Å². The van der Waals surface area contributed by atoms with E-state index in [9.17, 15) is 19.1 Å². The Kier molecular flexibility index (Phi) is 4.76. The third kappa shape index (κ3) is 3.51. The minimum Gasteiger partial charge on any atom is -0.477 e. The van der Waals surface area contributed by atoms with Gasteiger partial charge in [-0.05, 0) is 37.8 Å². The molecule has 0 spiro atoms. The molecule has 25 heavy (non-hydrogen) atoms. The maximum Gasteiger partial charge on any atom is 0.341 e. The number of nitrogens with one attached hydrogen (secondary N) is 1. The van der Waals surface area contributed by atoms with E-state index in [1.165, 1.54) is 6.20 Å². The lowest BCUT2D eigenvalue weighted by Gasteiger charge is -2.15. The van der Waals surface area contributed by atoms with Gasteiger partial charge in [0.05, 0.1) is 11.2 Å². The summed E-state index contributed by atoms with van der Waals surface area (Å²) in [5, 5.41) is 12.4. The van der Waals surface area contributed by atoms with E-state index in [0.29, 0.717) is 24.2 Å². The molecule has 1 atom stereocenters. The molecule has 1 aromatic heterocycles. The van der Waals surface area contributed by atoms with Crippen LogP contribution in [0.3, 0.4) is 0 Å². The zero-order valence-corrected chi connectivity index (χ0v) is 14.1. The number of benzene rings is 1. The summed E-state index contributed by atoms with van der Waals surface area (Å²) < 4.78 is 16.2. The number of hydrogen-bond acceptors (Lipinski definition) is 4. The molecule has 0 amide bonds. The quantitative estimate of drug-likeness (QED) is 0.715.